The molecule has 0 radical (unpaired) electrons. The number of carbonyl (C=O) groups is 4. The van der Waals surface area contributed by atoms with Gasteiger partial charge in [0.2, 0.25) is 23.6 Å². The molecule has 10 N–H and O–H groups in total. The van der Waals surface area contributed by atoms with Gasteiger partial charge < -0.3 is 33.1 Å². The third-order valence-corrected chi connectivity index (χ3v) is 4.83. The number of amides is 4. The SMILES string of the molecule is Cc1cc(O)cc(O)c1.NC(=O)c1cccnc1.NC(=O)c1cccnc1.NC(=O)c1cccnc1.NC(=O)c1cccnc1. The minimum atomic E-state index is -0.442. The lowest BCUT2D eigenvalue weighted by atomic mass is 10.2. The molecule has 0 fully saturated rings. The van der Waals surface area contributed by atoms with Crippen LogP contribution in [-0.4, -0.2) is 53.8 Å². The fourth-order valence-corrected chi connectivity index (χ4v) is 2.78. The van der Waals surface area contributed by atoms with Crippen LogP contribution < -0.4 is 22.9 Å². The van der Waals surface area contributed by atoms with Gasteiger partial charge in [0.15, 0.2) is 0 Å². The molecule has 0 aliphatic carbocycles. The van der Waals surface area contributed by atoms with Gasteiger partial charge in [-0.3, -0.25) is 39.1 Å². The van der Waals surface area contributed by atoms with Gasteiger partial charge in [-0.15, -0.1) is 0 Å². The van der Waals surface area contributed by atoms with Crippen molar-refractivity contribution in [1.82, 2.24) is 19.9 Å². The van der Waals surface area contributed by atoms with Crippen molar-refractivity contribution in [2.45, 2.75) is 6.92 Å². The summed E-state index contributed by atoms with van der Waals surface area (Å²) in [6.45, 7) is 1.80. The molecule has 0 saturated carbocycles. The fraction of sp³-hybridized carbons (Fsp3) is 0.0323. The molecule has 45 heavy (non-hydrogen) atoms. The van der Waals surface area contributed by atoms with E-state index in [0.717, 1.165) is 5.56 Å². The molecule has 0 atom stereocenters. The van der Waals surface area contributed by atoms with Crippen molar-refractivity contribution in [2.24, 2.45) is 22.9 Å². The van der Waals surface area contributed by atoms with Crippen LogP contribution in [0, 0.1) is 6.92 Å². The van der Waals surface area contributed by atoms with Crippen LogP contribution >= 0.6 is 0 Å². The first-order valence-corrected chi connectivity index (χ1v) is 12.7. The van der Waals surface area contributed by atoms with Crippen LogP contribution in [0.4, 0.5) is 0 Å². The highest BCUT2D eigenvalue weighted by atomic mass is 16.3. The molecule has 0 saturated heterocycles. The van der Waals surface area contributed by atoms with E-state index < -0.39 is 23.6 Å². The number of hydrogen-bond acceptors (Lipinski definition) is 10. The Morgan fingerprint density at radius 2 is 0.733 bits per heavy atom. The average Bonchev–Trinajstić information content (AvgIpc) is 3.03. The summed E-state index contributed by atoms with van der Waals surface area (Å²) >= 11 is 0. The molecule has 0 aliphatic rings. The second-order valence-electron chi connectivity index (χ2n) is 8.45. The lowest BCUT2D eigenvalue weighted by molar-refractivity contribution is 0.0991. The number of nitrogens with zero attached hydrogens (tertiary/aromatic N) is 4. The molecule has 0 spiro atoms. The van der Waals surface area contributed by atoms with Gasteiger partial charge in [0.1, 0.15) is 11.5 Å². The van der Waals surface area contributed by atoms with Gasteiger partial charge in [-0.1, -0.05) is 0 Å². The Morgan fingerprint density at radius 3 is 0.867 bits per heavy atom. The van der Waals surface area contributed by atoms with Crippen molar-refractivity contribution in [3.8, 4) is 11.5 Å². The van der Waals surface area contributed by atoms with Crippen molar-refractivity contribution in [2.75, 3.05) is 0 Å². The molecule has 1 aromatic carbocycles. The number of aromatic hydroxyl groups is 2. The molecule has 5 aromatic rings. The van der Waals surface area contributed by atoms with Crippen LogP contribution in [0.5, 0.6) is 11.5 Å². The monoisotopic (exact) mass is 612 g/mol. The predicted octanol–water partition coefficient (Wildman–Crippen LogP) is 2.13. The molecule has 4 amide bonds. The van der Waals surface area contributed by atoms with Gasteiger partial charge in [0, 0.05) is 55.6 Å². The number of nitrogens with two attached hydrogens (primary N) is 4. The number of phenolic OH excluding ortho intramolecular Hbond substituents is 2. The van der Waals surface area contributed by atoms with Crippen LogP contribution in [0.25, 0.3) is 0 Å². The molecular weight excluding hydrogens is 580 g/mol. The molecule has 0 unspecified atom stereocenters. The van der Waals surface area contributed by atoms with Crippen molar-refractivity contribution < 1.29 is 29.4 Å². The number of phenols is 2. The molecule has 0 bridgehead atoms. The van der Waals surface area contributed by atoms with Gasteiger partial charge in [0.05, 0.1) is 22.3 Å². The van der Waals surface area contributed by atoms with E-state index in [1.165, 1.54) is 30.9 Å². The summed E-state index contributed by atoms with van der Waals surface area (Å²) in [6, 6.07) is 17.6. The topological polar surface area (TPSA) is 264 Å². The highest BCUT2D eigenvalue weighted by Crippen LogP contribution is 2.18. The van der Waals surface area contributed by atoms with Crippen LogP contribution in [0.3, 0.4) is 0 Å². The maximum atomic E-state index is 10.4. The maximum absolute atomic E-state index is 10.4. The number of aromatic nitrogens is 4. The average molecular weight is 613 g/mol. The predicted molar refractivity (Wildman–Crippen MR) is 166 cm³/mol. The van der Waals surface area contributed by atoms with Crippen molar-refractivity contribution in [1.29, 1.82) is 0 Å². The molecule has 5 rings (SSSR count). The third kappa shape index (κ3) is 16.4. The van der Waals surface area contributed by atoms with E-state index in [1.807, 2.05) is 0 Å². The number of pyridine rings is 4. The fourth-order valence-electron chi connectivity index (χ4n) is 2.78. The van der Waals surface area contributed by atoms with Gasteiger partial charge in [-0.2, -0.15) is 0 Å². The van der Waals surface area contributed by atoms with E-state index in [9.17, 15) is 19.2 Å². The van der Waals surface area contributed by atoms with Crippen LogP contribution in [-0.2, 0) is 0 Å². The minimum Gasteiger partial charge on any atom is -0.508 e. The quantitative estimate of drug-likeness (QED) is 0.172. The Labute approximate surface area is 258 Å². The van der Waals surface area contributed by atoms with Crippen molar-refractivity contribution in [3.05, 3.63) is 144 Å². The van der Waals surface area contributed by atoms with Crippen molar-refractivity contribution in [3.63, 3.8) is 0 Å². The van der Waals surface area contributed by atoms with Gasteiger partial charge in [-0.25, -0.2) is 0 Å². The first-order valence-electron chi connectivity index (χ1n) is 12.7. The maximum Gasteiger partial charge on any atom is 0.250 e. The normalized spacial score (nSPS) is 9.00. The van der Waals surface area contributed by atoms with E-state index >= 15 is 0 Å². The second-order valence-corrected chi connectivity index (χ2v) is 8.45. The molecule has 232 valence electrons. The number of primary amides is 4. The lowest BCUT2D eigenvalue weighted by Crippen LogP contribution is -2.10. The number of rotatable bonds is 4. The Hall–Kier alpha value is -6.70. The van der Waals surface area contributed by atoms with E-state index in [1.54, 1.807) is 92.4 Å². The Balaban J connectivity index is 0.000000281. The van der Waals surface area contributed by atoms with Gasteiger partial charge >= 0.3 is 0 Å². The van der Waals surface area contributed by atoms with Crippen LogP contribution in [0.2, 0.25) is 0 Å². The summed E-state index contributed by atoms with van der Waals surface area (Å²) in [7, 11) is 0. The Bertz CT molecular complexity index is 1380. The summed E-state index contributed by atoms with van der Waals surface area (Å²) in [5, 5.41) is 17.7. The number of aryl methyl sites for hydroxylation is 1. The summed E-state index contributed by atoms with van der Waals surface area (Å²) < 4.78 is 0. The molecule has 14 heteroatoms. The first-order chi connectivity index (χ1) is 21.4. The smallest absolute Gasteiger partial charge is 0.250 e. The molecule has 0 aliphatic heterocycles. The summed E-state index contributed by atoms with van der Waals surface area (Å²) in [5.41, 5.74) is 22.4. The number of benzene rings is 1. The molecular formula is C31H32N8O6. The molecule has 4 heterocycles. The Morgan fingerprint density at radius 1 is 0.489 bits per heavy atom. The van der Waals surface area contributed by atoms with E-state index in [2.05, 4.69) is 19.9 Å². The summed E-state index contributed by atoms with van der Waals surface area (Å²) in [5.74, 6) is -1.56. The van der Waals surface area contributed by atoms with Crippen molar-refractivity contribution >= 4 is 23.6 Å². The summed E-state index contributed by atoms with van der Waals surface area (Å²) in [6.07, 6.45) is 12.1. The largest absolute Gasteiger partial charge is 0.508 e. The highest BCUT2D eigenvalue weighted by molar-refractivity contribution is 5.93. The number of hydrogen-bond donors (Lipinski definition) is 6. The lowest BCUT2D eigenvalue weighted by Gasteiger charge is -1.94. The van der Waals surface area contributed by atoms with E-state index in [4.69, 9.17) is 33.1 Å². The van der Waals surface area contributed by atoms with Crippen LogP contribution in [0.15, 0.2) is 116 Å². The minimum absolute atomic E-state index is 0.104. The first kappa shape index (κ1) is 36.3. The van der Waals surface area contributed by atoms with Crippen LogP contribution in [0.1, 0.15) is 47.0 Å². The zero-order valence-electron chi connectivity index (χ0n) is 24.1. The van der Waals surface area contributed by atoms with Gasteiger partial charge in [-0.05, 0) is 73.2 Å². The zero-order valence-corrected chi connectivity index (χ0v) is 24.1. The molecule has 14 nitrogen and oxygen atoms in total. The van der Waals surface area contributed by atoms with E-state index in [0.29, 0.717) is 22.3 Å². The van der Waals surface area contributed by atoms with Gasteiger partial charge in [0.25, 0.3) is 0 Å². The number of carbonyl (C=O) groups excluding carboxylic acids is 4. The highest BCUT2D eigenvalue weighted by Gasteiger charge is 1.97. The third-order valence-electron chi connectivity index (χ3n) is 4.83. The summed E-state index contributed by atoms with van der Waals surface area (Å²) in [4.78, 5) is 56.4. The Kier molecular flexibility index (Phi) is 16.3. The second kappa shape index (κ2) is 20.2. The van der Waals surface area contributed by atoms with E-state index in [-0.39, 0.29) is 11.5 Å². The zero-order chi connectivity index (χ0) is 33.6. The standard InChI is InChI=1S/C7H8O2.4C6H6N2O/c1-5-2-6(8)4-7(9)3-5;4*7-6(9)5-2-1-3-8-4-5/h2-4,8-9H,1H3;4*1-4H,(H2,7,9). The molecule has 4 aromatic heterocycles.